The first kappa shape index (κ1) is 29.2. The van der Waals surface area contributed by atoms with Crippen molar-refractivity contribution in [1.82, 2.24) is 24.6 Å². The Kier molecular flexibility index (Phi) is 9.12. The van der Waals surface area contributed by atoms with Crippen molar-refractivity contribution >= 4 is 23.6 Å². The minimum Gasteiger partial charge on any atom is -0.497 e. The van der Waals surface area contributed by atoms with E-state index in [9.17, 15) is 9.59 Å². The number of aromatic nitrogens is 3. The lowest BCUT2D eigenvalue weighted by molar-refractivity contribution is -0.130. The highest BCUT2D eigenvalue weighted by atomic mass is 32.2. The van der Waals surface area contributed by atoms with E-state index in [2.05, 4.69) is 17.1 Å². The predicted molar refractivity (Wildman–Crippen MR) is 164 cm³/mol. The number of carbonyl (C=O) groups is 2. The molecule has 3 aromatic carbocycles. The van der Waals surface area contributed by atoms with Crippen LogP contribution in [-0.2, 0) is 11.2 Å². The summed E-state index contributed by atoms with van der Waals surface area (Å²) >= 11 is 1.34. The molecule has 42 heavy (non-hydrogen) atoms. The van der Waals surface area contributed by atoms with Gasteiger partial charge >= 0.3 is 0 Å². The monoisotopic (exact) mass is 585 g/mol. The number of benzene rings is 3. The van der Waals surface area contributed by atoms with Crippen molar-refractivity contribution in [3.05, 3.63) is 83.9 Å². The van der Waals surface area contributed by atoms with Crippen LogP contribution in [0.4, 0.5) is 0 Å². The van der Waals surface area contributed by atoms with E-state index in [4.69, 9.17) is 9.47 Å². The number of nitrogens with zero attached hydrogens (tertiary/aromatic N) is 5. The Bertz CT molecular complexity index is 1540. The second kappa shape index (κ2) is 13.1. The molecule has 4 aromatic rings. The maximum Gasteiger partial charge on any atom is 0.254 e. The second-order valence-corrected chi connectivity index (χ2v) is 11.0. The van der Waals surface area contributed by atoms with Crippen molar-refractivity contribution in [2.24, 2.45) is 0 Å². The zero-order valence-electron chi connectivity index (χ0n) is 24.3. The highest BCUT2D eigenvalue weighted by molar-refractivity contribution is 7.99. The van der Waals surface area contributed by atoms with Gasteiger partial charge in [0.1, 0.15) is 11.5 Å². The summed E-state index contributed by atoms with van der Waals surface area (Å²) in [5.74, 6) is 2.30. The summed E-state index contributed by atoms with van der Waals surface area (Å²) < 4.78 is 12.7. The Balaban J connectivity index is 1.29. The molecule has 1 aromatic heterocycles. The van der Waals surface area contributed by atoms with Crippen molar-refractivity contribution in [2.75, 3.05) is 39.6 Å². The fourth-order valence-electron chi connectivity index (χ4n) is 5.03. The van der Waals surface area contributed by atoms with Gasteiger partial charge in [0, 0.05) is 42.5 Å². The molecule has 5 rings (SSSR count). The van der Waals surface area contributed by atoms with Crippen LogP contribution in [0.15, 0.2) is 78.0 Å². The van der Waals surface area contributed by atoms with E-state index in [1.54, 1.807) is 14.2 Å². The molecule has 1 saturated heterocycles. The first-order chi connectivity index (χ1) is 20.4. The molecule has 9 nitrogen and oxygen atoms in total. The number of amides is 2. The van der Waals surface area contributed by atoms with Crippen molar-refractivity contribution in [1.29, 1.82) is 0 Å². The number of piperazine rings is 1. The van der Waals surface area contributed by atoms with Crippen LogP contribution in [-0.4, -0.2) is 82.0 Å². The molecule has 1 unspecified atom stereocenters. The van der Waals surface area contributed by atoms with Crippen molar-refractivity contribution < 1.29 is 19.1 Å². The van der Waals surface area contributed by atoms with Gasteiger partial charge in [0.25, 0.3) is 5.91 Å². The normalized spacial score (nSPS) is 15.0. The van der Waals surface area contributed by atoms with Gasteiger partial charge < -0.3 is 19.3 Å². The molecule has 10 heteroatoms. The number of aryl methyl sites for hydroxylation is 1. The van der Waals surface area contributed by atoms with Crippen LogP contribution in [0.1, 0.15) is 29.8 Å². The highest BCUT2D eigenvalue weighted by Gasteiger charge is 2.30. The maximum absolute atomic E-state index is 13.3. The smallest absolute Gasteiger partial charge is 0.254 e. The average molecular weight is 586 g/mol. The van der Waals surface area contributed by atoms with Crippen LogP contribution in [0.2, 0.25) is 0 Å². The first-order valence-corrected chi connectivity index (χ1v) is 14.9. The summed E-state index contributed by atoms with van der Waals surface area (Å²) in [5.41, 5.74) is 3.57. The summed E-state index contributed by atoms with van der Waals surface area (Å²) in [7, 11) is 3.25. The molecule has 0 spiro atoms. The predicted octanol–water partition coefficient (Wildman–Crippen LogP) is 4.98. The van der Waals surface area contributed by atoms with Gasteiger partial charge in [-0.3, -0.25) is 14.2 Å². The van der Waals surface area contributed by atoms with Gasteiger partial charge in [0.2, 0.25) is 5.91 Å². The van der Waals surface area contributed by atoms with Crippen LogP contribution in [0.25, 0.3) is 17.1 Å². The van der Waals surface area contributed by atoms with E-state index in [0.717, 1.165) is 23.4 Å². The Labute approximate surface area is 250 Å². The Morgan fingerprint density at radius 3 is 2.33 bits per heavy atom. The third-order valence-electron chi connectivity index (χ3n) is 7.47. The van der Waals surface area contributed by atoms with Crippen molar-refractivity contribution in [3.8, 4) is 28.6 Å². The van der Waals surface area contributed by atoms with Crippen LogP contribution >= 0.6 is 11.8 Å². The number of hydrogen-bond acceptors (Lipinski definition) is 7. The number of thioether (sulfide) groups is 1. The van der Waals surface area contributed by atoms with Crippen molar-refractivity contribution in [2.45, 2.75) is 31.5 Å². The summed E-state index contributed by atoms with van der Waals surface area (Å²) in [4.78, 5) is 30.2. The summed E-state index contributed by atoms with van der Waals surface area (Å²) in [5, 5.41) is 9.55. The zero-order chi connectivity index (χ0) is 29.6. The molecule has 0 N–H and O–H groups in total. The molecule has 0 aliphatic carbocycles. The summed E-state index contributed by atoms with van der Waals surface area (Å²) in [6.07, 6.45) is 0.933. The third kappa shape index (κ3) is 6.28. The number of ether oxygens (including phenoxy) is 2. The van der Waals surface area contributed by atoms with Crippen LogP contribution in [0.5, 0.6) is 11.5 Å². The topological polar surface area (TPSA) is 89.8 Å². The Morgan fingerprint density at radius 1 is 0.929 bits per heavy atom. The molecule has 2 amide bonds. The lowest BCUT2D eigenvalue weighted by Gasteiger charge is -2.40. The summed E-state index contributed by atoms with van der Waals surface area (Å²) in [6, 6.07) is 23.0. The van der Waals surface area contributed by atoms with Gasteiger partial charge in [0.15, 0.2) is 11.0 Å². The van der Waals surface area contributed by atoms with Crippen LogP contribution in [0.3, 0.4) is 0 Å². The second-order valence-electron chi connectivity index (χ2n) is 10.1. The molecule has 1 atom stereocenters. The molecule has 1 aliphatic rings. The minimum atomic E-state index is -0.0892. The fourth-order valence-corrected chi connectivity index (χ4v) is 5.88. The Morgan fingerprint density at radius 2 is 1.67 bits per heavy atom. The van der Waals surface area contributed by atoms with E-state index in [-0.39, 0.29) is 23.6 Å². The molecule has 1 fully saturated rings. The molecule has 2 heterocycles. The lowest BCUT2D eigenvalue weighted by Crippen LogP contribution is -2.55. The van der Waals surface area contributed by atoms with Gasteiger partial charge in [-0.2, -0.15) is 0 Å². The van der Waals surface area contributed by atoms with E-state index in [1.807, 2.05) is 94.1 Å². The van der Waals surface area contributed by atoms with Crippen molar-refractivity contribution in [3.63, 3.8) is 0 Å². The van der Waals surface area contributed by atoms with Gasteiger partial charge in [-0.25, -0.2) is 0 Å². The summed E-state index contributed by atoms with van der Waals surface area (Å²) in [6.45, 7) is 5.55. The van der Waals surface area contributed by atoms with Gasteiger partial charge in [-0.05, 0) is 67.4 Å². The first-order valence-electron chi connectivity index (χ1n) is 14.0. The van der Waals surface area contributed by atoms with E-state index < -0.39 is 0 Å². The molecule has 218 valence electrons. The molecule has 0 radical (unpaired) electrons. The molecular formula is C32H35N5O4S. The third-order valence-corrected chi connectivity index (χ3v) is 8.38. The van der Waals surface area contributed by atoms with Gasteiger partial charge in [-0.15, -0.1) is 10.2 Å². The quantitative estimate of drug-likeness (QED) is 0.256. The number of methoxy groups -OCH3 is 2. The molecule has 0 bridgehead atoms. The highest BCUT2D eigenvalue weighted by Crippen LogP contribution is 2.31. The standard InChI is InChI=1S/C32H35N5O4S/c1-5-23-9-11-24(12-10-23)31(39)36-18-17-35(20-22(36)2)29(38)21-42-32-34-33-30(25-7-6-8-28(19-25)41-4)37(32)26-13-15-27(40-3)16-14-26/h6-16,19,22H,5,17-18,20-21H2,1-4H3. The lowest BCUT2D eigenvalue weighted by atomic mass is 10.1. The molecular weight excluding hydrogens is 550 g/mol. The zero-order valence-corrected chi connectivity index (χ0v) is 25.1. The fraction of sp³-hybridized carbons (Fsp3) is 0.312. The van der Waals surface area contributed by atoms with Crippen LogP contribution in [0, 0.1) is 0 Å². The number of carbonyl (C=O) groups excluding carboxylic acids is 2. The number of rotatable bonds is 9. The van der Waals surface area contributed by atoms with Gasteiger partial charge in [0.05, 0.1) is 20.0 Å². The minimum absolute atomic E-state index is 0.00143. The van der Waals surface area contributed by atoms with Gasteiger partial charge in [-0.1, -0.05) is 43.0 Å². The average Bonchev–Trinajstić information content (AvgIpc) is 3.47. The number of hydrogen-bond donors (Lipinski definition) is 0. The molecule has 0 saturated carbocycles. The SMILES string of the molecule is CCc1ccc(C(=O)N2CCN(C(=O)CSc3nnc(-c4cccc(OC)c4)n3-c3ccc(OC)cc3)CC2C)cc1. The van der Waals surface area contributed by atoms with E-state index in [0.29, 0.717) is 41.9 Å². The van der Waals surface area contributed by atoms with E-state index in [1.165, 1.54) is 17.3 Å². The van der Waals surface area contributed by atoms with E-state index >= 15 is 0 Å². The molecule has 1 aliphatic heterocycles. The van der Waals surface area contributed by atoms with Crippen LogP contribution < -0.4 is 9.47 Å². The largest absolute Gasteiger partial charge is 0.497 e. The Hall–Kier alpha value is -4.31. The maximum atomic E-state index is 13.3.